The maximum Gasteiger partial charge on any atom is 0.319 e. The molecule has 0 fully saturated rings. The molecular weight excluding hydrogens is 482 g/mol. The molecule has 0 bridgehead atoms. The summed E-state index contributed by atoms with van der Waals surface area (Å²) in [5.74, 6) is 0.811. The molecule has 0 aliphatic carbocycles. The molecule has 0 spiro atoms. The molecule has 198 valence electrons. The molecule has 8 nitrogen and oxygen atoms in total. The number of oxazole rings is 1. The standard InChI is InChI=1S/C30H33N3O5/c1-4-37-28(34)8-6-5-7-17-31-30(35)32-23-14-16-26(36-3)24(19-23)29-33-25-18-22(13-15-27(25)38-29)21-11-9-20(2)10-12-21/h9-16,18-19H,4-8,17H2,1-3H3,(H2,31,32,35). The molecule has 0 unspecified atom stereocenters. The Kier molecular flexibility index (Phi) is 8.98. The zero-order chi connectivity index (χ0) is 26.9. The molecule has 1 heterocycles. The zero-order valence-electron chi connectivity index (χ0n) is 22.0. The number of aryl methyl sites for hydroxylation is 1. The number of aromatic nitrogens is 1. The molecule has 4 rings (SSSR count). The Labute approximate surface area is 222 Å². The highest BCUT2D eigenvalue weighted by Crippen LogP contribution is 2.35. The van der Waals surface area contributed by atoms with E-state index in [1.165, 1.54) is 5.56 Å². The molecule has 0 aliphatic rings. The molecule has 4 aromatic rings. The molecule has 0 aliphatic heterocycles. The lowest BCUT2D eigenvalue weighted by Crippen LogP contribution is -2.29. The van der Waals surface area contributed by atoms with Crippen molar-refractivity contribution in [3.05, 3.63) is 66.2 Å². The van der Waals surface area contributed by atoms with E-state index in [1.807, 2.05) is 18.2 Å². The van der Waals surface area contributed by atoms with Crippen molar-refractivity contribution in [1.82, 2.24) is 10.3 Å². The van der Waals surface area contributed by atoms with E-state index in [1.54, 1.807) is 32.2 Å². The van der Waals surface area contributed by atoms with E-state index in [4.69, 9.17) is 18.9 Å². The summed E-state index contributed by atoms with van der Waals surface area (Å²) in [6.45, 7) is 4.76. The number of carbonyl (C=O) groups excluding carboxylic acids is 2. The van der Waals surface area contributed by atoms with Gasteiger partial charge >= 0.3 is 12.0 Å². The van der Waals surface area contributed by atoms with Gasteiger partial charge in [-0.05, 0) is 68.1 Å². The fraction of sp³-hybridized carbons (Fsp3) is 0.300. The number of nitrogens with zero attached hydrogens (tertiary/aromatic N) is 1. The summed E-state index contributed by atoms with van der Waals surface area (Å²) in [5.41, 5.74) is 5.99. The number of amides is 2. The highest BCUT2D eigenvalue weighted by molar-refractivity contribution is 5.91. The van der Waals surface area contributed by atoms with Gasteiger partial charge in [0.25, 0.3) is 0 Å². The Morgan fingerprint density at radius 3 is 2.50 bits per heavy atom. The van der Waals surface area contributed by atoms with Crippen LogP contribution in [0.3, 0.4) is 0 Å². The zero-order valence-corrected chi connectivity index (χ0v) is 22.0. The summed E-state index contributed by atoms with van der Waals surface area (Å²) < 4.78 is 16.5. The average Bonchev–Trinajstić information content (AvgIpc) is 3.34. The quantitative estimate of drug-likeness (QED) is 0.170. The number of methoxy groups -OCH3 is 1. The van der Waals surface area contributed by atoms with Crippen molar-refractivity contribution < 1.29 is 23.5 Å². The van der Waals surface area contributed by atoms with Gasteiger partial charge in [0.2, 0.25) is 5.89 Å². The summed E-state index contributed by atoms with van der Waals surface area (Å²) in [6, 6.07) is 19.3. The first-order chi connectivity index (χ1) is 18.5. The normalized spacial score (nSPS) is 10.8. The second kappa shape index (κ2) is 12.8. The topological polar surface area (TPSA) is 103 Å². The number of hydrogen-bond acceptors (Lipinski definition) is 6. The van der Waals surface area contributed by atoms with E-state index in [2.05, 4.69) is 41.8 Å². The molecule has 1 aromatic heterocycles. The van der Waals surface area contributed by atoms with Crippen molar-refractivity contribution in [3.8, 4) is 28.3 Å². The van der Waals surface area contributed by atoms with Crippen LogP contribution in [0.25, 0.3) is 33.7 Å². The van der Waals surface area contributed by atoms with Crippen molar-refractivity contribution in [2.75, 3.05) is 25.6 Å². The third-order valence-corrected chi connectivity index (χ3v) is 6.11. The SMILES string of the molecule is CCOC(=O)CCCCCNC(=O)Nc1ccc(OC)c(-c2nc3cc(-c4ccc(C)cc4)ccc3o2)c1. The number of ether oxygens (including phenoxy) is 2. The van der Waals surface area contributed by atoms with Gasteiger partial charge in [0.05, 0.1) is 19.3 Å². The van der Waals surface area contributed by atoms with Gasteiger partial charge in [0.1, 0.15) is 11.3 Å². The largest absolute Gasteiger partial charge is 0.496 e. The van der Waals surface area contributed by atoms with E-state index in [0.717, 1.165) is 35.9 Å². The first kappa shape index (κ1) is 26.7. The minimum absolute atomic E-state index is 0.181. The Bertz CT molecular complexity index is 1400. The van der Waals surface area contributed by atoms with Crippen LogP contribution in [0.15, 0.2) is 65.1 Å². The number of nitrogens with one attached hydrogen (secondary N) is 2. The van der Waals surface area contributed by atoms with E-state index in [9.17, 15) is 9.59 Å². The molecule has 0 saturated heterocycles. The van der Waals surface area contributed by atoms with E-state index < -0.39 is 0 Å². The van der Waals surface area contributed by atoms with E-state index >= 15 is 0 Å². The minimum atomic E-state index is -0.313. The Morgan fingerprint density at radius 2 is 1.74 bits per heavy atom. The summed E-state index contributed by atoms with van der Waals surface area (Å²) in [7, 11) is 1.58. The number of urea groups is 1. The number of fused-ring (bicyclic) bond motifs is 1. The van der Waals surface area contributed by atoms with Gasteiger partial charge in [0.15, 0.2) is 5.58 Å². The monoisotopic (exact) mass is 515 g/mol. The average molecular weight is 516 g/mol. The fourth-order valence-electron chi connectivity index (χ4n) is 4.10. The third kappa shape index (κ3) is 6.91. The lowest BCUT2D eigenvalue weighted by molar-refractivity contribution is -0.143. The maximum absolute atomic E-state index is 12.4. The Balaban J connectivity index is 1.40. The van der Waals surface area contributed by atoms with Gasteiger partial charge in [-0.1, -0.05) is 42.3 Å². The first-order valence-corrected chi connectivity index (χ1v) is 12.8. The van der Waals surface area contributed by atoms with E-state index in [0.29, 0.717) is 48.0 Å². The van der Waals surface area contributed by atoms with Gasteiger partial charge in [0, 0.05) is 18.7 Å². The number of rotatable bonds is 11. The van der Waals surface area contributed by atoms with Gasteiger partial charge in [-0.25, -0.2) is 9.78 Å². The molecule has 38 heavy (non-hydrogen) atoms. The number of hydrogen-bond donors (Lipinski definition) is 2. The number of unbranched alkanes of at least 4 members (excludes halogenated alkanes) is 2. The van der Waals surface area contributed by atoms with Crippen LogP contribution < -0.4 is 15.4 Å². The number of carbonyl (C=O) groups is 2. The van der Waals surface area contributed by atoms with Gasteiger partial charge in [-0.3, -0.25) is 4.79 Å². The van der Waals surface area contributed by atoms with Gasteiger partial charge in [-0.15, -0.1) is 0 Å². The number of anilines is 1. The fourth-order valence-corrected chi connectivity index (χ4v) is 4.10. The van der Waals surface area contributed by atoms with Crippen LogP contribution in [0, 0.1) is 6.92 Å². The van der Waals surface area contributed by atoms with Crippen molar-refractivity contribution in [3.63, 3.8) is 0 Å². The number of benzene rings is 3. The van der Waals surface area contributed by atoms with Gasteiger partial charge < -0.3 is 24.5 Å². The lowest BCUT2D eigenvalue weighted by Gasteiger charge is -2.11. The Hall–Kier alpha value is -4.33. The molecule has 2 N–H and O–H groups in total. The molecule has 0 atom stereocenters. The Morgan fingerprint density at radius 1 is 0.947 bits per heavy atom. The molecule has 0 saturated carbocycles. The van der Waals surface area contributed by atoms with Crippen molar-refractivity contribution >= 4 is 28.8 Å². The molecule has 3 aromatic carbocycles. The van der Waals surface area contributed by atoms with Crippen LogP contribution >= 0.6 is 0 Å². The second-order valence-corrected chi connectivity index (χ2v) is 8.98. The van der Waals surface area contributed by atoms with Crippen LogP contribution in [-0.2, 0) is 9.53 Å². The molecule has 0 radical (unpaired) electrons. The van der Waals surface area contributed by atoms with Crippen LogP contribution in [0.4, 0.5) is 10.5 Å². The first-order valence-electron chi connectivity index (χ1n) is 12.8. The maximum atomic E-state index is 12.4. The summed E-state index contributed by atoms with van der Waals surface area (Å²) in [6.07, 6.45) is 2.74. The molecule has 8 heteroatoms. The highest BCUT2D eigenvalue weighted by Gasteiger charge is 2.16. The minimum Gasteiger partial charge on any atom is -0.496 e. The molecule has 2 amide bonds. The van der Waals surface area contributed by atoms with Crippen molar-refractivity contribution in [2.24, 2.45) is 0 Å². The summed E-state index contributed by atoms with van der Waals surface area (Å²) in [4.78, 5) is 28.5. The van der Waals surface area contributed by atoms with E-state index in [-0.39, 0.29) is 12.0 Å². The lowest BCUT2D eigenvalue weighted by atomic mass is 10.0. The number of esters is 1. The smallest absolute Gasteiger partial charge is 0.319 e. The molecular formula is C30H33N3O5. The summed E-state index contributed by atoms with van der Waals surface area (Å²) in [5, 5.41) is 5.69. The highest BCUT2D eigenvalue weighted by atomic mass is 16.5. The van der Waals surface area contributed by atoms with Crippen LogP contribution in [-0.4, -0.2) is 37.2 Å². The predicted octanol–water partition coefficient (Wildman–Crippen LogP) is 6.72. The third-order valence-electron chi connectivity index (χ3n) is 6.11. The van der Waals surface area contributed by atoms with Crippen LogP contribution in [0.2, 0.25) is 0 Å². The second-order valence-electron chi connectivity index (χ2n) is 8.98. The van der Waals surface area contributed by atoms with Crippen molar-refractivity contribution in [1.29, 1.82) is 0 Å². The summed E-state index contributed by atoms with van der Waals surface area (Å²) >= 11 is 0. The predicted molar refractivity (Wildman–Crippen MR) is 148 cm³/mol. The van der Waals surface area contributed by atoms with Gasteiger partial charge in [-0.2, -0.15) is 0 Å². The van der Waals surface area contributed by atoms with Crippen molar-refractivity contribution in [2.45, 2.75) is 39.5 Å². The van der Waals surface area contributed by atoms with Crippen LogP contribution in [0.5, 0.6) is 5.75 Å². The van der Waals surface area contributed by atoms with Crippen LogP contribution in [0.1, 0.15) is 38.2 Å².